The second kappa shape index (κ2) is 13.5. The lowest BCUT2D eigenvalue weighted by Crippen LogP contribution is -2.41. The van der Waals surface area contributed by atoms with Crippen LogP contribution in [0, 0.1) is 5.82 Å². The number of likely N-dealkylation sites (N-methyl/N-ethyl adjacent to an activating group) is 2. The van der Waals surface area contributed by atoms with E-state index in [4.69, 9.17) is 9.73 Å². The van der Waals surface area contributed by atoms with E-state index in [9.17, 15) is 4.39 Å². The van der Waals surface area contributed by atoms with Crippen molar-refractivity contribution in [2.75, 3.05) is 67.6 Å². The van der Waals surface area contributed by atoms with Crippen LogP contribution in [0.25, 0.3) is 0 Å². The fraction of sp³-hybridized carbons (Fsp3) is 0.650. The number of aliphatic imine (C=N–C) groups is 1. The van der Waals surface area contributed by atoms with Gasteiger partial charge in [0.2, 0.25) is 0 Å². The summed E-state index contributed by atoms with van der Waals surface area (Å²) >= 11 is 0. The van der Waals surface area contributed by atoms with Gasteiger partial charge in [0, 0.05) is 39.9 Å². The Morgan fingerprint density at radius 3 is 2.44 bits per heavy atom. The molecule has 1 atom stereocenters. The van der Waals surface area contributed by atoms with Gasteiger partial charge in [-0.1, -0.05) is 12.1 Å². The monoisotopic (exact) mass is 381 g/mol. The Balaban J connectivity index is 2.58. The third-order valence-corrected chi connectivity index (χ3v) is 4.32. The highest BCUT2D eigenvalue weighted by molar-refractivity contribution is 5.79. The molecule has 0 bridgehead atoms. The van der Waals surface area contributed by atoms with Gasteiger partial charge in [-0.3, -0.25) is 4.99 Å². The molecule has 154 valence electrons. The molecule has 7 heteroatoms. The van der Waals surface area contributed by atoms with E-state index in [1.165, 1.54) is 12.1 Å². The van der Waals surface area contributed by atoms with E-state index < -0.39 is 0 Å². The highest BCUT2D eigenvalue weighted by atomic mass is 19.1. The minimum absolute atomic E-state index is 0.0952. The number of halogens is 1. The van der Waals surface area contributed by atoms with Crippen molar-refractivity contribution in [1.29, 1.82) is 0 Å². The lowest BCUT2D eigenvalue weighted by Gasteiger charge is -2.24. The fourth-order valence-corrected chi connectivity index (χ4v) is 2.73. The lowest BCUT2D eigenvalue weighted by atomic mass is 10.1. The Bertz CT molecular complexity index is 536. The zero-order chi connectivity index (χ0) is 20.1. The Morgan fingerprint density at radius 2 is 1.85 bits per heavy atom. The summed E-state index contributed by atoms with van der Waals surface area (Å²) in [5.74, 6) is 0.584. The van der Waals surface area contributed by atoms with Crippen LogP contribution in [0.1, 0.15) is 24.9 Å². The van der Waals surface area contributed by atoms with Gasteiger partial charge in [-0.15, -0.1) is 0 Å². The summed E-state index contributed by atoms with van der Waals surface area (Å²) in [4.78, 5) is 9.10. The number of nitrogens with zero attached hydrogens (tertiary/aromatic N) is 3. The summed E-state index contributed by atoms with van der Waals surface area (Å²) in [6.45, 7) is 7.00. The van der Waals surface area contributed by atoms with Gasteiger partial charge < -0.3 is 25.2 Å². The molecule has 0 aliphatic heterocycles. The second-order valence-corrected chi connectivity index (χ2v) is 6.83. The van der Waals surface area contributed by atoms with Gasteiger partial charge in [0.25, 0.3) is 0 Å². The average molecular weight is 382 g/mol. The van der Waals surface area contributed by atoms with E-state index >= 15 is 0 Å². The fourth-order valence-electron chi connectivity index (χ4n) is 2.73. The Labute approximate surface area is 163 Å². The SMILES string of the molecule is CCNC(=NCC(c1ccc(F)cc1)N(C)C)NCCN(C)CCCOC. The summed E-state index contributed by atoms with van der Waals surface area (Å²) in [5, 5.41) is 6.67. The predicted molar refractivity (Wildman–Crippen MR) is 111 cm³/mol. The molecule has 0 spiro atoms. The summed E-state index contributed by atoms with van der Waals surface area (Å²) in [5.41, 5.74) is 1.05. The second-order valence-electron chi connectivity index (χ2n) is 6.83. The number of hydrogen-bond donors (Lipinski definition) is 2. The Kier molecular flexibility index (Phi) is 11.6. The van der Waals surface area contributed by atoms with Crippen molar-refractivity contribution in [3.8, 4) is 0 Å². The first kappa shape index (κ1) is 23.3. The standard InChI is InChI=1S/C20H36FN5O/c1-6-22-20(23-12-14-26(4)13-7-15-27-5)24-16-19(25(2)3)17-8-10-18(21)11-9-17/h8-11,19H,6-7,12-16H2,1-5H3,(H2,22,23,24). The average Bonchev–Trinajstić information content (AvgIpc) is 2.63. The molecule has 0 aromatic heterocycles. The first-order valence-electron chi connectivity index (χ1n) is 9.59. The van der Waals surface area contributed by atoms with Crippen molar-refractivity contribution < 1.29 is 9.13 Å². The molecule has 2 N–H and O–H groups in total. The van der Waals surface area contributed by atoms with Gasteiger partial charge in [0.05, 0.1) is 12.6 Å². The molecule has 1 aromatic carbocycles. The molecule has 0 fully saturated rings. The number of guanidine groups is 1. The third kappa shape index (κ3) is 9.70. The maximum atomic E-state index is 13.2. The third-order valence-electron chi connectivity index (χ3n) is 4.32. The molecule has 1 aromatic rings. The molecule has 0 radical (unpaired) electrons. The van der Waals surface area contributed by atoms with Crippen LogP contribution < -0.4 is 10.6 Å². The quantitative estimate of drug-likeness (QED) is 0.329. The van der Waals surface area contributed by atoms with Gasteiger partial charge in [0.1, 0.15) is 5.82 Å². The normalized spacial score (nSPS) is 13.3. The smallest absolute Gasteiger partial charge is 0.191 e. The van der Waals surface area contributed by atoms with Crippen LogP contribution in [0.3, 0.4) is 0 Å². The van der Waals surface area contributed by atoms with Crippen LogP contribution in [0.2, 0.25) is 0 Å². The molecule has 0 aliphatic rings. The number of hydrogen-bond acceptors (Lipinski definition) is 4. The summed E-state index contributed by atoms with van der Waals surface area (Å²) < 4.78 is 18.3. The van der Waals surface area contributed by atoms with Gasteiger partial charge in [-0.25, -0.2) is 4.39 Å². The maximum absolute atomic E-state index is 13.2. The molecule has 0 saturated heterocycles. The largest absolute Gasteiger partial charge is 0.385 e. The van der Waals surface area contributed by atoms with E-state index in [0.29, 0.717) is 6.54 Å². The van der Waals surface area contributed by atoms with Crippen LogP contribution in [0.4, 0.5) is 4.39 Å². The molecule has 0 aliphatic carbocycles. The van der Waals surface area contributed by atoms with Gasteiger partial charge in [-0.2, -0.15) is 0 Å². The zero-order valence-corrected chi connectivity index (χ0v) is 17.5. The van der Waals surface area contributed by atoms with Crippen LogP contribution in [-0.2, 0) is 4.74 Å². The van der Waals surface area contributed by atoms with Crippen molar-refractivity contribution in [3.63, 3.8) is 0 Å². The number of nitrogens with one attached hydrogen (secondary N) is 2. The predicted octanol–water partition coefficient (Wildman–Crippen LogP) is 1.95. The van der Waals surface area contributed by atoms with E-state index in [1.807, 2.05) is 26.2 Å². The molecular weight excluding hydrogens is 345 g/mol. The molecule has 0 heterocycles. The van der Waals surface area contributed by atoms with Gasteiger partial charge in [0.15, 0.2) is 5.96 Å². The molecular formula is C20H36FN5O. The van der Waals surface area contributed by atoms with Crippen LogP contribution >= 0.6 is 0 Å². The first-order valence-corrected chi connectivity index (χ1v) is 9.59. The minimum atomic E-state index is -0.218. The molecule has 0 saturated carbocycles. The molecule has 27 heavy (non-hydrogen) atoms. The number of benzene rings is 1. The van der Waals surface area contributed by atoms with Crippen molar-refractivity contribution in [2.24, 2.45) is 4.99 Å². The Hall–Kier alpha value is -1.70. The first-order chi connectivity index (χ1) is 13.0. The maximum Gasteiger partial charge on any atom is 0.191 e. The number of ether oxygens (including phenoxy) is 1. The molecule has 6 nitrogen and oxygen atoms in total. The molecule has 1 unspecified atom stereocenters. The van der Waals surface area contributed by atoms with Crippen LogP contribution in [0.5, 0.6) is 0 Å². The van der Waals surface area contributed by atoms with Crippen molar-refractivity contribution in [1.82, 2.24) is 20.4 Å². The topological polar surface area (TPSA) is 52.1 Å². The van der Waals surface area contributed by atoms with E-state index in [-0.39, 0.29) is 11.9 Å². The summed E-state index contributed by atoms with van der Waals surface area (Å²) in [6, 6.07) is 6.74. The van der Waals surface area contributed by atoms with Crippen molar-refractivity contribution >= 4 is 5.96 Å². The van der Waals surface area contributed by atoms with Gasteiger partial charge in [-0.05, 0) is 52.2 Å². The van der Waals surface area contributed by atoms with Gasteiger partial charge >= 0.3 is 0 Å². The van der Waals surface area contributed by atoms with E-state index in [2.05, 4.69) is 34.4 Å². The molecule has 0 amide bonds. The number of methoxy groups -OCH3 is 1. The highest BCUT2D eigenvalue weighted by Crippen LogP contribution is 2.18. The lowest BCUT2D eigenvalue weighted by molar-refractivity contribution is 0.180. The zero-order valence-electron chi connectivity index (χ0n) is 17.5. The van der Waals surface area contributed by atoms with Crippen molar-refractivity contribution in [2.45, 2.75) is 19.4 Å². The summed E-state index contributed by atoms with van der Waals surface area (Å²) in [6.07, 6.45) is 1.03. The minimum Gasteiger partial charge on any atom is -0.385 e. The highest BCUT2D eigenvalue weighted by Gasteiger charge is 2.14. The molecule has 1 rings (SSSR count). The van der Waals surface area contributed by atoms with E-state index in [1.54, 1.807) is 7.11 Å². The number of rotatable bonds is 12. The Morgan fingerprint density at radius 1 is 1.15 bits per heavy atom. The van der Waals surface area contributed by atoms with Crippen molar-refractivity contribution in [3.05, 3.63) is 35.6 Å². The van der Waals surface area contributed by atoms with E-state index in [0.717, 1.165) is 50.7 Å². The van der Waals surface area contributed by atoms with Crippen LogP contribution in [-0.4, -0.2) is 83.3 Å². The summed E-state index contributed by atoms with van der Waals surface area (Å²) in [7, 11) is 7.86. The van der Waals surface area contributed by atoms with Crippen LogP contribution in [0.15, 0.2) is 29.3 Å².